The molecule has 3 aromatic rings. The first-order valence-electron chi connectivity index (χ1n) is 11.9. The van der Waals surface area contributed by atoms with E-state index in [1.165, 1.54) is 17.0 Å². The first kappa shape index (κ1) is 26.5. The molecule has 1 N–H and O–H groups in total. The predicted molar refractivity (Wildman–Crippen MR) is 132 cm³/mol. The minimum atomic E-state index is -1.76. The van der Waals surface area contributed by atoms with Gasteiger partial charge in [0.2, 0.25) is 12.2 Å². The van der Waals surface area contributed by atoms with Gasteiger partial charge in [0.25, 0.3) is 11.8 Å². The lowest BCUT2D eigenvalue weighted by Gasteiger charge is -2.29. The van der Waals surface area contributed by atoms with Crippen LogP contribution in [0.15, 0.2) is 60.9 Å². The number of hydrogen-bond donors (Lipinski definition) is 1. The average Bonchev–Trinajstić information content (AvgIpc) is 3.56. The highest BCUT2D eigenvalue weighted by Gasteiger charge is 2.43. The van der Waals surface area contributed by atoms with Crippen molar-refractivity contribution in [1.82, 2.24) is 20.0 Å². The van der Waals surface area contributed by atoms with E-state index in [4.69, 9.17) is 9.47 Å². The maximum Gasteiger partial charge on any atom is 0.303 e. The van der Waals surface area contributed by atoms with E-state index in [2.05, 4.69) is 10.4 Å². The molecule has 0 fully saturated rings. The number of halogens is 1. The van der Waals surface area contributed by atoms with Crippen molar-refractivity contribution < 1.29 is 33.0 Å². The summed E-state index contributed by atoms with van der Waals surface area (Å²) in [5.41, 5.74) is 2.49. The first-order valence-corrected chi connectivity index (χ1v) is 11.9. The molecule has 38 heavy (non-hydrogen) atoms. The number of fused-ring (bicyclic) bond motifs is 1. The average molecular weight is 523 g/mol. The maximum atomic E-state index is 14.2. The van der Waals surface area contributed by atoms with Crippen LogP contribution in [-0.4, -0.2) is 50.6 Å². The van der Waals surface area contributed by atoms with E-state index in [1.54, 1.807) is 48.3 Å². The van der Waals surface area contributed by atoms with Crippen LogP contribution in [0, 0.1) is 5.82 Å². The minimum Gasteiger partial charge on any atom is -0.448 e. The largest absolute Gasteiger partial charge is 0.448 e. The number of rotatable bonds is 8. The fourth-order valence-corrected chi connectivity index (χ4v) is 4.28. The van der Waals surface area contributed by atoms with Crippen LogP contribution in [0.2, 0.25) is 0 Å². The maximum absolute atomic E-state index is 14.2. The number of hydrogen-bond acceptors (Lipinski definition) is 7. The quantitative estimate of drug-likeness (QED) is 0.452. The first-order chi connectivity index (χ1) is 18.1. The summed E-state index contributed by atoms with van der Waals surface area (Å²) in [6.07, 6.45) is -0.0700. The Morgan fingerprint density at radius 3 is 2.24 bits per heavy atom. The van der Waals surface area contributed by atoms with Crippen molar-refractivity contribution in [3.8, 4) is 5.69 Å². The van der Waals surface area contributed by atoms with Gasteiger partial charge in [-0.25, -0.2) is 9.07 Å². The van der Waals surface area contributed by atoms with E-state index in [0.29, 0.717) is 11.1 Å². The van der Waals surface area contributed by atoms with Crippen LogP contribution < -0.4 is 5.32 Å². The van der Waals surface area contributed by atoms with Crippen molar-refractivity contribution in [2.24, 2.45) is 0 Å². The van der Waals surface area contributed by atoms with Gasteiger partial charge in [-0.05, 0) is 42.3 Å². The topological polar surface area (TPSA) is 120 Å². The number of amides is 2. The molecule has 0 bridgehead atoms. The Morgan fingerprint density at radius 1 is 0.947 bits per heavy atom. The molecule has 0 saturated heterocycles. The van der Waals surface area contributed by atoms with Gasteiger partial charge in [0.15, 0.2) is 0 Å². The molecule has 1 aromatic heterocycles. The van der Waals surface area contributed by atoms with Crippen LogP contribution >= 0.6 is 0 Å². The lowest BCUT2D eigenvalue weighted by Crippen LogP contribution is -2.53. The van der Waals surface area contributed by atoms with Gasteiger partial charge < -0.3 is 19.7 Å². The van der Waals surface area contributed by atoms with Gasteiger partial charge in [0.1, 0.15) is 5.82 Å². The molecule has 2 heterocycles. The van der Waals surface area contributed by atoms with E-state index in [1.807, 2.05) is 12.1 Å². The summed E-state index contributed by atoms with van der Waals surface area (Å²) in [6, 6.07) is 13.0. The van der Waals surface area contributed by atoms with Crippen LogP contribution in [0.3, 0.4) is 0 Å². The van der Waals surface area contributed by atoms with Crippen LogP contribution in [0.25, 0.3) is 5.69 Å². The summed E-state index contributed by atoms with van der Waals surface area (Å²) in [5, 5.41) is 6.89. The van der Waals surface area contributed by atoms with E-state index >= 15 is 0 Å². The van der Waals surface area contributed by atoms with Crippen molar-refractivity contribution >= 4 is 23.8 Å². The van der Waals surface area contributed by atoms with Gasteiger partial charge in [-0.2, -0.15) is 5.10 Å². The van der Waals surface area contributed by atoms with E-state index < -0.39 is 47.8 Å². The number of benzene rings is 2. The molecular weight excluding hydrogens is 495 g/mol. The van der Waals surface area contributed by atoms with Crippen molar-refractivity contribution in [1.29, 1.82) is 0 Å². The zero-order valence-electron chi connectivity index (χ0n) is 21.1. The van der Waals surface area contributed by atoms with Gasteiger partial charge in [0, 0.05) is 44.9 Å². The number of carbonyl (C=O) groups is 4. The second-order valence-electron chi connectivity index (χ2n) is 8.90. The number of esters is 2. The Labute approximate surface area is 218 Å². The van der Waals surface area contributed by atoms with Crippen molar-refractivity contribution in [2.45, 2.75) is 52.1 Å². The highest BCUT2D eigenvalue weighted by molar-refractivity contribution is 5.94. The fourth-order valence-electron chi connectivity index (χ4n) is 4.28. The molecule has 198 valence electrons. The van der Waals surface area contributed by atoms with Crippen LogP contribution in [-0.2, 0) is 41.7 Å². The Hall–Kier alpha value is -4.54. The molecule has 0 unspecified atom stereocenters. The molecule has 0 radical (unpaired) electrons. The van der Waals surface area contributed by atoms with Crippen molar-refractivity contribution in [3.63, 3.8) is 0 Å². The molecule has 1 aliphatic rings. The molecule has 0 saturated carbocycles. The van der Waals surface area contributed by atoms with Gasteiger partial charge in [0.05, 0.1) is 11.7 Å². The predicted octanol–water partition coefficient (Wildman–Crippen LogP) is 2.59. The van der Waals surface area contributed by atoms with Crippen molar-refractivity contribution in [3.05, 3.63) is 83.4 Å². The van der Waals surface area contributed by atoms with Crippen molar-refractivity contribution in [2.75, 3.05) is 0 Å². The molecule has 3 atom stereocenters. The SMILES string of the molecule is CC(=O)O[C@@H](C(=O)N[C@H](C)c1ccc(-n2cccn2)cc1)[C@@H](OC(C)=O)C(=O)N1Cc2cccc(F)c2C1. The van der Waals surface area contributed by atoms with Crippen LogP contribution in [0.5, 0.6) is 0 Å². The normalized spacial score (nSPS) is 14.7. The van der Waals surface area contributed by atoms with Crippen LogP contribution in [0.1, 0.15) is 43.5 Å². The van der Waals surface area contributed by atoms with E-state index in [9.17, 15) is 23.6 Å². The third kappa shape index (κ3) is 5.88. The van der Waals surface area contributed by atoms with Gasteiger partial charge in [-0.1, -0.05) is 24.3 Å². The molecule has 0 aliphatic carbocycles. The number of carbonyl (C=O) groups excluding carboxylic acids is 4. The Morgan fingerprint density at radius 2 is 1.63 bits per heavy atom. The third-order valence-corrected chi connectivity index (χ3v) is 6.12. The summed E-state index contributed by atoms with van der Waals surface area (Å²) in [7, 11) is 0. The summed E-state index contributed by atoms with van der Waals surface area (Å²) >= 11 is 0. The molecule has 2 amide bonds. The second-order valence-corrected chi connectivity index (χ2v) is 8.90. The molecule has 2 aromatic carbocycles. The Balaban J connectivity index is 1.53. The fraction of sp³-hybridized carbons (Fsp3) is 0.296. The number of nitrogens with zero attached hydrogens (tertiary/aromatic N) is 3. The zero-order valence-corrected chi connectivity index (χ0v) is 21.1. The van der Waals surface area contributed by atoms with Gasteiger partial charge >= 0.3 is 11.9 Å². The summed E-state index contributed by atoms with van der Waals surface area (Å²) in [5.74, 6) is -3.77. The molecule has 4 rings (SSSR count). The van der Waals surface area contributed by atoms with Crippen LogP contribution in [0.4, 0.5) is 4.39 Å². The zero-order chi connectivity index (χ0) is 27.4. The van der Waals surface area contributed by atoms with Gasteiger partial charge in [-0.15, -0.1) is 0 Å². The summed E-state index contributed by atoms with van der Waals surface area (Å²) in [4.78, 5) is 51.8. The summed E-state index contributed by atoms with van der Waals surface area (Å²) in [6.45, 7) is 3.84. The molecule has 1 aliphatic heterocycles. The number of ether oxygens (including phenoxy) is 2. The minimum absolute atomic E-state index is 0.0527. The standard InChI is InChI=1S/C27H27FN4O6/c1-16(19-8-10-21(11-9-19)32-13-5-12-29-32)30-26(35)24(37-17(2)33)25(38-18(3)34)27(36)31-14-20-6-4-7-23(28)22(20)15-31/h4-13,16,24-25H,14-15H2,1-3H3,(H,30,35)/t16-,24-,25-/m1/s1. The molecule has 0 spiro atoms. The van der Waals surface area contributed by atoms with E-state index in [-0.39, 0.29) is 13.1 Å². The number of nitrogens with one attached hydrogen (secondary N) is 1. The number of aromatic nitrogens is 2. The monoisotopic (exact) mass is 522 g/mol. The smallest absolute Gasteiger partial charge is 0.303 e. The lowest BCUT2D eigenvalue weighted by molar-refractivity contribution is -0.178. The summed E-state index contributed by atoms with van der Waals surface area (Å²) < 4.78 is 26.3. The van der Waals surface area contributed by atoms with Gasteiger partial charge in [-0.3, -0.25) is 19.2 Å². The molecule has 11 heteroatoms. The second kappa shape index (κ2) is 11.2. The lowest BCUT2D eigenvalue weighted by atomic mass is 10.1. The third-order valence-electron chi connectivity index (χ3n) is 6.12. The highest BCUT2D eigenvalue weighted by atomic mass is 19.1. The Kier molecular flexibility index (Phi) is 7.85. The molecular formula is C27H27FN4O6. The highest BCUT2D eigenvalue weighted by Crippen LogP contribution is 2.27. The Bertz CT molecular complexity index is 1340. The molecule has 10 nitrogen and oxygen atoms in total. The van der Waals surface area contributed by atoms with E-state index in [0.717, 1.165) is 25.1 Å².